The summed E-state index contributed by atoms with van der Waals surface area (Å²) >= 11 is 0.957. The molecule has 0 spiro atoms. The van der Waals surface area contributed by atoms with E-state index < -0.39 is 11.9 Å². The Hall–Kier alpha value is -2.36. The lowest BCUT2D eigenvalue weighted by Gasteiger charge is -2.10. The first-order valence-corrected chi connectivity index (χ1v) is 8.91. The van der Waals surface area contributed by atoms with E-state index in [0.29, 0.717) is 36.5 Å². The minimum atomic E-state index is -4.42. The molecule has 2 N–H and O–H groups in total. The summed E-state index contributed by atoms with van der Waals surface area (Å²) in [5, 5.41) is 7.38. The van der Waals surface area contributed by atoms with Crippen molar-refractivity contribution in [3.63, 3.8) is 0 Å². The lowest BCUT2D eigenvalue weighted by atomic mass is 10.3. The topological polar surface area (TPSA) is 71.4 Å². The molecule has 0 amide bonds. The van der Waals surface area contributed by atoms with Gasteiger partial charge in [0.15, 0.2) is 11.7 Å². The molecule has 0 atom stereocenters. The molecule has 0 aliphatic heterocycles. The molecule has 142 valence electrons. The van der Waals surface area contributed by atoms with Crippen LogP contribution in [0, 0.1) is 0 Å². The van der Waals surface area contributed by atoms with Gasteiger partial charge in [-0.3, -0.25) is 0 Å². The molecule has 6 nitrogen and oxygen atoms in total. The molecule has 26 heavy (non-hydrogen) atoms. The number of alkyl halides is 3. The maximum Gasteiger partial charge on any atom is 0.434 e. The highest BCUT2D eigenvalue weighted by Gasteiger charge is 2.33. The van der Waals surface area contributed by atoms with E-state index in [1.165, 1.54) is 0 Å². The number of hydrogen-bond donors (Lipinski definition) is 2. The molecule has 0 bridgehead atoms. The van der Waals surface area contributed by atoms with Gasteiger partial charge in [0.05, 0.1) is 19.7 Å². The van der Waals surface area contributed by atoms with E-state index in [9.17, 15) is 13.2 Å². The summed E-state index contributed by atoms with van der Waals surface area (Å²) in [5.74, 6) is 1.02. The number of ether oxygens (including phenoxy) is 1. The van der Waals surface area contributed by atoms with Crippen LogP contribution < -0.4 is 15.4 Å². The highest BCUT2D eigenvalue weighted by Crippen LogP contribution is 2.29. The smallest absolute Gasteiger partial charge is 0.434 e. The predicted octanol–water partition coefficient (Wildman–Crippen LogP) is 3.21. The molecule has 0 saturated heterocycles. The molecular formula is C16H20F3N5OS. The van der Waals surface area contributed by atoms with Crippen LogP contribution in [-0.2, 0) is 19.3 Å². The minimum Gasteiger partial charge on any atom is -0.478 e. The van der Waals surface area contributed by atoms with E-state index in [-0.39, 0.29) is 6.54 Å². The summed E-state index contributed by atoms with van der Waals surface area (Å²) in [6.45, 7) is 5.47. The first-order valence-electron chi connectivity index (χ1n) is 8.03. The third-order valence-electron chi connectivity index (χ3n) is 3.10. The lowest BCUT2D eigenvalue weighted by molar-refractivity contribution is -0.140. The molecule has 2 rings (SSSR count). The highest BCUT2D eigenvalue weighted by molar-refractivity contribution is 7.09. The molecule has 0 aliphatic carbocycles. The maximum absolute atomic E-state index is 12.6. The molecular weight excluding hydrogens is 367 g/mol. The van der Waals surface area contributed by atoms with Crippen molar-refractivity contribution in [2.24, 2.45) is 4.99 Å². The largest absolute Gasteiger partial charge is 0.478 e. The average Bonchev–Trinajstić information content (AvgIpc) is 3.07. The van der Waals surface area contributed by atoms with Crippen molar-refractivity contribution in [1.29, 1.82) is 0 Å². The zero-order valence-corrected chi connectivity index (χ0v) is 15.2. The van der Waals surface area contributed by atoms with Crippen LogP contribution in [0.5, 0.6) is 5.88 Å². The van der Waals surface area contributed by atoms with Gasteiger partial charge in [-0.15, -0.1) is 11.3 Å². The van der Waals surface area contributed by atoms with Crippen LogP contribution in [0.25, 0.3) is 0 Å². The summed E-state index contributed by atoms with van der Waals surface area (Å²) in [6.07, 6.45) is -2.78. The van der Waals surface area contributed by atoms with Crippen LogP contribution in [0.1, 0.15) is 30.1 Å². The van der Waals surface area contributed by atoms with Crippen LogP contribution in [0.3, 0.4) is 0 Å². The Morgan fingerprint density at radius 1 is 1.31 bits per heavy atom. The normalized spacial score (nSPS) is 12.1. The van der Waals surface area contributed by atoms with Crippen LogP contribution >= 0.6 is 11.3 Å². The fraction of sp³-hybridized carbons (Fsp3) is 0.438. The number of nitrogens with zero attached hydrogens (tertiary/aromatic N) is 3. The van der Waals surface area contributed by atoms with Crippen LogP contribution in [-0.4, -0.2) is 29.1 Å². The number of pyridine rings is 1. The summed E-state index contributed by atoms with van der Waals surface area (Å²) < 4.78 is 43.1. The Kier molecular flexibility index (Phi) is 7.19. The fourth-order valence-corrected chi connectivity index (χ4v) is 2.71. The van der Waals surface area contributed by atoms with E-state index >= 15 is 0 Å². The Bertz CT molecular complexity index is 733. The average molecular weight is 387 g/mol. The van der Waals surface area contributed by atoms with Gasteiger partial charge in [-0.1, -0.05) is 0 Å². The summed E-state index contributed by atoms with van der Waals surface area (Å²) in [5.41, 5.74) is 0.0377. The molecule has 0 fully saturated rings. The van der Waals surface area contributed by atoms with Gasteiger partial charge in [0.25, 0.3) is 0 Å². The second-order valence-electron chi connectivity index (χ2n) is 5.11. The Balaban J connectivity index is 1.98. The van der Waals surface area contributed by atoms with Crippen molar-refractivity contribution >= 4 is 17.3 Å². The van der Waals surface area contributed by atoms with E-state index in [1.807, 2.05) is 19.9 Å². The first kappa shape index (κ1) is 20.0. The number of aliphatic imine (C=N–C) groups is 1. The maximum atomic E-state index is 12.6. The Morgan fingerprint density at radius 3 is 2.77 bits per heavy atom. The number of thiazole rings is 1. The van der Waals surface area contributed by atoms with E-state index in [1.54, 1.807) is 12.3 Å². The molecule has 2 aromatic heterocycles. The number of nitrogens with one attached hydrogen (secondary N) is 2. The zero-order valence-electron chi connectivity index (χ0n) is 14.4. The Labute approximate surface area is 153 Å². The second-order valence-corrected chi connectivity index (χ2v) is 6.05. The number of halogens is 3. The molecule has 0 radical (unpaired) electrons. The van der Waals surface area contributed by atoms with Crippen LogP contribution in [0.4, 0.5) is 13.2 Å². The summed E-state index contributed by atoms with van der Waals surface area (Å²) in [4.78, 5) is 12.1. The van der Waals surface area contributed by atoms with Crippen molar-refractivity contribution in [3.05, 3.63) is 40.0 Å². The summed E-state index contributed by atoms with van der Waals surface area (Å²) in [7, 11) is 0. The van der Waals surface area contributed by atoms with Crippen molar-refractivity contribution in [1.82, 2.24) is 20.6 Å². The molecule has 0 aromatic carbocycles. The zero-order chi connectivity index (χ0) is 19.0. The number of hydrogen-bond acceptors (Lipinski definition) is 5. The van der Waals surface area contributed by atoms with Gasteiger partial charge in [0.2, 0.25) is 5.88 Å². The standard InChI is InChI=1S/C16H20F3N5OS/c1-3-20-15(22-8-11-5-6-21-13(7-11)25-4-2)23-9-14-24-12(10-26-14)16(17,18)19/h5-7,10H,3-4,8-9H2,1-2H3,(H2,20,22,23). The van der Waals surface area contributed by atoms with E-state index in [0.717, 1.165) is 22.3 Å². The molecule has 0 unspecified atom stereocenters. The number of aromatic nitrogens is 2. The Morgan fingerprint density at radius 2 is 2.12 bits per heavy atom. The van der Waals surface area contributed by atoms with Crippen molar-refractivity contribution < 1.29 is 17.9 Å². The molecule has 0 aliphatic rings. The van der Waals surface area contributed by atoms with Crippen molar-refractivity contribution in [3.8, 4) is 5.88 Å². The van der Waals surface area contributed by atoms with Crippen LogP contribution in [0.15, 0.2) is 28.7 Å². The minimum absolute atomic E-state index is 0.160. The van der Waals surface area contributed by atoms with Gasteiger partial charge < -0.3 is 15.4 Å². The van der Waals surface area contributed by atoms with Gasteiger partial charge in [-0.25, -0.2) is 15.0 Å². The molecule has 2 aromatic rings. The predicted molar refractivity (Wildman–Crippen MR) is 94.2 cm³/mol. The van der Waals surface area contributed by atoms with E-state index in [2.05, 4.69) is 25.6 Å². The van der Waals surface area contributed by atoms with Crippen LogP contribution in [0.2, 0.25) is 0 Å². The SMILES string of the molecule is CCNC(=NCc1ccnc(OCC)c1)NCc1nc(C(F)(F)F)cs1. The monoisotopic (exact) mass is 387 g/mol. The number of guanidine groups is 1. The first-order chi connectivity index (χ1) is 12.4. The van der Waals surface area contributed by atoms with Gasteiger partial charge in [0, 0.05) is 24.2 Å². The molecule has 10 heteroatoms. The highest BCUT2D eigenvalue weighted by atomic mass is 32.1. The fourth-order valence-electron chi connectivity index (χ4n) is 1.97. The molecule has 2 heterocycles. The van der Waals surface area contributed by atoms with Crippen molar-refractivity contribution in [2.75, 3.05) is 13.2 Å². The van der Waals surface area contributed by atoms with Gasteiger partial charge in [-0.05, 0) is 25.5 Å². The van der Waals surface area contributed by atoms with Gasteiger partial charge in [-0.2, -0.15) is 13.2 Å². The third-order valence-corrected chi connectivity index (χ3v) is 3.95. The number of rotatable bonds is 7. The lowest BCUT2D eigenvalue weighted by Crippen LogP contribution is -2.36. The second kappa shape index (κ2) is 9.37. The van der Waals surface area contributed by atoms with Gasteiger partial charge in [0.1, 0.15) is 5.01 Å². The van der Waals surface area contributed by atoms with Gasteiger partial charge >= 0.3 is 6.18 Å². The van der Waals surface area contributed by atoms with E-state index in [4.69, 9.17) is 4.74 Å². The third kappa shape index (κ3) is 6.17. The molecule has 0 saturated carbocycles. The quantitative estimate of drug-likeness (QED) is 0.564. The summed E-state index contributed by atoms with van der Waals surface area (Å²) in [6, 6.07) is 3.62. The van der Waals surface area contributed by atoms with Crippen molar-refractivity contribution in [2.45, 2.75) is 33.1 Å².